The zero-order valence-electron chi connectivity index (χ0n) is 23.0. The third-order valence-corrected chi connectivity index (χ3v) is 8.67. The molecule has 1 heterocycles. The van der Waals surface area contributed by atoms with Crippen molar-refractivity contribution in [1.82, 2.24) is 15.0 Å². The van der Waals surface area contributed by atoms with Gasteiger partial charge in [0.2, 0.25) is 15.9 Å². The van der Waals surface area contributed by atoms with Crippen LogP contribution in [0.2, 0.25) is 0 Å². The second-order valence-electron chi connectivity index (χ2n) is 10.7. The first-order valence-corrected chi connectivity index (χ1v) is 15.2. The van der Waals surface area contributed by atoms with E-state index in [1.54, 1.807) is 0 Å². The number of halogens is 6. The molecule has 1 aliphatic carbocycles. The number of unbranched alkanes of at least 4 members (excludes halogenated alkanes) is 1. The summed E-state index contributed by atoms with van der Waals surface area (Å²) >= 11 is 0. The van der Waals surface area contributed by atoms with Crippen molar-refractivity contribution in [3.63, 3.8) is 0 Å². The Bertz CT molecular complexity index is 1600. The molecule has 14 heteroatoms. The predicted molar refractivity (Wildman–Crippen MR) is 147 cm³/mol. The normalized spacial score (nSPS) is 15.4. The van der Waals surface area contributed by atoms with Crippen molar-refractivity contribution in [3.05, 3.63) is 65.2 Å². The quantitative estimate of drug-likeness (QED) is 0.259. The molecular formula is C29H29F6N3O4S. The monoisotopic (exact) mass is 629 g/mol. The number of hydrogen-bond acceptors (Lipinski definition) is 5. The maximum Gasteiger partial charge on any atom is 0.416 e. The van der Waals surface area contributed by atoms with Crippen molar-refractivity contribution in [2.75, 3.05) is 5.75 Å². The molecule has 1 aromatic heterocycles. The molecule has 0 spiro atoms. The summed E-state index contributed by atoms with van der Waals surface area (Å²) < 4.78 is 106. The Morgan fingerprint density at radius 3 is 2.12 bits per heavy atom. The number of sulfonamides is 1. The summed E-state index contributed by atoms with van der Waals surface area (Å²) in [6.07, 6.45) is -6.80. The molecule has 232 valence electrons. The fourth-order valence-corrected chi connectivity index (χ4v) is 6.33. The Morgan fingerprint density at radius 1 is 0.907 bits per heavy atom. The van der Waals surface area contributed by atoms with E-state index < -0.39 is 50.9 Å². The third-order valence-electron chi connectivity index (χ3n) is 7.31. The summed E-state index contributed by atoms with van der Waals surface area (Å²) in [7, 11) is -3.79. The fraction of sp³-hybridized carbons (Fsp3) is 0.414. The summed E-state index contributed by atoms with van der Waals surface area (Å²) in [5.74, 6) is -1.42. The van der Waals surface area contributed by atoms with Crippen LogP contribution in [0.4, 0.5) is 26.3 Å². The minimum atomic E-state index is -5.00. The van der Waals surface area contributed by atoms with E-state index in [1.807, 2.05) is 6.92 Å². The molecule has 0 atom stereocenters. The molecule has 1 aliphatic rings. The van der Waals surface area contributed by atoms with Crippen LogP contribution in [0.1, 0.15) is 73.4 Å². The van der Waals surface area contributed by atoms with Gasteiger partial charge in [0.05, 0.1) is 34.5 Å². The SMILES string of the molecule is CCCCS(=O)(=O)NC(=O)CC1(NC(=O)c2ccc3nc(-c4cc(C(F)(F)F)cc(C(F)(F)F)c4)ccc3c2)CCCC1. The summed E-state index contributed by atoms with van der Waals surface area (Å²) in [5, 5.41) is 3.29. The molecule has 7 nitrogen and oxygen atoms in total. The van der Waals surface area contributed by atoms with E-state index in [9.17, 15) is 44.3 Å². The molecule has 0 radical (unpaired) electrons. The Balaban J connectivity index is 1.56. The number of alkyl halides is 6. The third kappa shape index (κ3) is 8.03. The summed E-state index contributed by atoms with van der Waals surface area (Å²) in [5.41, 5.74) is -3.94. The van der Waals surface area contributed by atoms with Crippen molar-refractivity contribution in [1.29, 1.82) is 0 Å². The summed E-state index contributed by atoms with van der Waals surface area (Å²) in [6, 6.07) is 8.21. The molecule has 43 heavy (non-hydrogen) atoms. The van der Waals surface area contributed by atoms with Crippen LogP contribution in [0.15, 0.2) is 48.5 Å². The van der Waals surface area contributed by atoms with Crippen LogP contribution in [0, 0.1) is 0 Å². The van der Waals surface area contributed by atoms with Gasteiger partial charge in [0.25, 0.3) is 5.91 Å². The van der Waals surface area contributed by atoms with E-state index >= 15 is 0 Å². The first-order valence-electron chi connectivity index (χ1n) is 13.6. The van der Waals surface area contributed by atoms with Crippen LogP contribution in [-0.4, -0.2) is 36.5 Å². The molecule has 2 amide bonds. The lowest BCUT2D eigenvalue weighted by atomic mass is 9.92. The number of hydrogen-bond donors (Lipinski definition) is 2. The van der Waals surface area contributed by atoms with Gasteiger partial charge in [-0.05, 0) is 61.7 Å². The molecule has 0 aliphatic heterocycles. The van der Waals surface area contributed by atoms with Crippen LogP contribution < -0.4 is 10.0 Å². The van der Waals surface area contributed by atoms with Crippen LogP contribution in [0.25, 0.3) is 22.2 Å². The van der Waals surface area contributed by atoms with Gasteiger partial charge >= 0.3 is 12.4 Å². The molecule has 3 aromatic rings. The van der Waals surface area contributed by atoms with Crippen molar-refractivity contribution in [2.45, 2.75) is 69.8 Å². The highest BCUT2D eigenvalue weighted by Crippen LogP contribution is 2.39. The highest BCUT2D eigenvalue weighted by atomic mass is 32.2. The largest absolute Gasteiger partial charge is 0.416 e. The van der Waals surface area contributed by atoms with Crippen LogP contribution >= 0.6 is 0 Å². The first-order chi connectivity index (χ1) is 20.0. The van der Waals surface area contributed by atoms with Gasteiger partial charge in [0.1, 0.15) is 0 Å². The van der Waals surface area contributed by atoms with Gasteiger partial charge < -0.3 is 5.32 Å². The van der Waals surface area contributed by atoms with E-state index in [2.05, 4.69) is 15.0 Å². The Hall–Kier alpha value is -3.68. The average molecular weight is 630 g/mol. The minimum absolute atomic E-state index is 0.0432. The van der Waals surface area contributed by atoms with Crippen LogP contribution in [0.3, 0.4) is 0 Å². The van der Waals surface area contributed by atoms with Gasteiger partial charge in [-0.25, -0.2) is 13.4 Å². The number of benzene rings is 2. The summed E-state index contributed by atoms with van der Waals surface area (Å²) in [6.45, 7) is 1.82. The second-order valence-corrected chi connectivity index (χ2v) is 12.6. The van der Waals surface area contributed by atoms with Gasteiger partial charge in [-0.1, -0.05) is 32.3 Å². The average Bonchev–Trinajstić information content (AvgIpc) is 3.37. The number of nitrogens with one attached hydrogen (secondary N) is 2. The number of carbonyl (C=O) groups is 2. The molecule has 1 saturated carbocycles. The predicted octanol–water partition coefficient (Wildman–Crippen LogP) is 6.62. The molecule has 4 rings (SSSR count). The first kappa shape index (κ1) is 32.2. The van der Waals surface area contributed by atoms with Gasteiger partial charge in [-0.3, -0.25) is 14.3 Å². The summed E-state index contributed by atoms with van der Waals surface area (Å²) in [4.78, 5) is 30.0. The second kappa shape index (κ2) is 12.1. The van der Waals surface area contributed by atoms with Gasteiger partial charge in [-0.15, -0.1) is 0 Å². The Labute approximate surface area is 244 Å². The highest BCUT2D eigenvalue weighted by molar-refractivity contribution is 7.90. The lowest BCUT2D eigenvalue weighted by molar-refractivity contribution is -0.143. The molecule has 0 unspecified atom stereocenters. The molecule has 1 fully saturated rings. The Morgan fingerprint density at radius 2 is 1.53 bits per heavy atom. The Kier molecular flexibility index (Phi) is 9.10. The maximum atomic E-state index is 13.3. The van der Waals surface area contributed by atoms with Crippen molar-refractivity contribution in [2.24, 2.45) is 0 Å². The van der Waals surface area contributed by atoms with Crippen molar-refractivity contribution in [3.8, 4) is 11.3 Å². The standard InChI is InChI=1S/C29H29F6N3O4S/c1-2-3-12-43(41,42)38-25(39)17-27(10-4-5-11-27)37-26(40)19-7-9-23-18(13-19)6-8-24(36-23)20-14-21(28(30,31)32)16-22(15-20)29(33,34)35/h6-9,13-16H,2-5,10-12,17H2,1H3,(H,37,40)(H,38,39). The zero-order valence-corrected chi connectivity index (χ0v) is 23.8. The van der Waals surface area contributed by atoms with E-state index in [-0.39, 0.29) is 40.6 Å². The van der Waals surface area contributed by atoms with E-state index in [1.165, 1.54) is 30.3 Å². The molecule has 2 aromatic carbocycles. The van der Waals surface area contributed by atoms with Gasteiger partial charge in [0.15, 0.2) is 0 Å². The van der Waals surface area contributed by atoms with E-state index in [0.29, 0.717) is 43.2 Å². The number of carbonyl (C=O) groups excluding carboxylic acids is 2. The van der Waals surface area contributed by atoms with E-state index in [4.69, 9.17) is 0 Å². The van der Waals surface area contributed by atoms with Gasteiger partial charge in [-0.2, -0.15) is 26.3 Å². The molecule has 0 bridgehead atoms. The topological polar surface area (TPSA) is 105 Å². The van der Waals surface area contributed by atoms with Crippen molar-refractivity contribution < 1.29 is 44.3 Å². The highest BCUT2D eigenvalue weighted by Gasteiger charge is 2.39. The van der Waals surface area contributed by atoms with Gasteiger partial charge in [0, 0.05) is 22.1 Å². The fourth-order valence-electron chi connectivity index (χ4n) is 5.14. The number of nitrogens with zero attached hydrogens (tertiary/aromatic N) is 1. The smallest absolute Gasteiger partial charge is 0.346 e. The molecule has 0 saturated heterocycles. The minimum Gasteiger partial charge on any atom is -0.346 e. The number of amides is 2. The van der Waals surface area contributed by atoms with Crippen molar-refractivity contribution >= 4 is 32.7 Å². The number of rotatable bonds is 9. The maximum absolute atomic E-state index is 13.3. The lowest BCUT2D eigenvalue weighted by Crippen LogP contribution is -2.50. The number of pyridine rings is 1. The molecule has 2 N–H and O–H groups in total. The van der Waals surface area contributed by atoms with E-state index in [0.717, 1.165) is 12.8 Å². The number of fused-ring (bicyclic) bond motifs is 1. The van der Waals surface area contributed by atoms with Crippen LogP contribution in [-0.2, 0) is 27.2 Å². The van der Waals surface area contributed by atoms with Crippen LogP contribution in [0.5, 0.6) is 0 Å². The molecular weight excluding hydrogens is 600 g/mol. The lowest BCUT2D eigenvalue weighted by Gasteiger charge is -2.30. The number of aromatic nitrogens is 1. The zero-order chi connectivity index (χ0) is 31.6.